The number of halogens is 1. The molecule has 0 aliphatic carbocycles. The van der Waals surface area contributed by atoms with Gasteiger partial charge in [0.05, 0.1) is 13.5 Å². The highest BCUT2D eigenvalue weighted by Crippen LogP contribution is 2.40. The third-order valence-electron chi connectivity index (χ3n) is 3.43. The first-order valence-corrected chi connectivity index (χ1v) is 7.13. The number of carboxylic acid groups (broad SMARTS) is 1. The molecule has 0 fully saturated rings. The Balaban J connectivity index is 2.74. The number of methoxy groups -OCH3 is 1. The molecule has 0 spiro atoms. The van der Waals surface area contributed by atoms with Gasteiger partial charge < -0.3 is 9.84 Å². The molecular weight excluding hydrogens is 320 g/mol. The van der Waals surface area contributed by atoms with E-state index in [1.165, 1.54) is 0 Å². The molecule has 0 aromatic heterocycles. The molecule has 0 aliphatic rings. The Bertz CT molecular complexity index is 662. The largest absolute Gasteiger partial charge is 0.496 e. The lowest BCUT2D eigenvalue weighted by molar-refractivity contribution is -0.138. The van der Waals surface area contributed by atoms with Crippen LogP contribution < -0.4 is 4.74 Å². The number of carboxylic acids is 1. The van der Waals surface area contributed by atoms with Gasteiger partial charge in [0.1, 0.15) is 5.75 Å². The van der Waals surface area contributed by atoms with Crippen LogP contribution in [-0.4, -0.2) is 18.2 Å². The van der Waals surface area contributed by atoms with Gasteiger partial charge in [0.25, 0.3) is 0 Å². The molecule has 20 heavy (non-hydrogen) atoms. The van der Waals surface area contributed by atoms with Crippen molar-refractivity contribution in [3.05, 3.63) is 40.4 Å². The number of fused-ring (bicyclic) bond motifs is 1. The molecule has 0 atom stereocenters. The lowest BCUT2D eigenvalue weighted by Crippen LogP contribution is -2.22. The predicted molar refractivity (Wildman–Crippen MR) is 83.5 cm³/mol. The van der Waals surface area contributed by atoms with Gasteiger partial charge in [-0.15, -0.1) is 0 Å². The maximum Gasteiger partial charge on any atom is 0.304 e. The van der Waals surface area contributed by atoms with Crippen LogP contribution in [0, 0.1) is 0 Å². The van der Waals surface area contributed by atoms with Crippen LogP contribution in [0.4, 0.5) is 0 Å². The van der Waals surface area contributed by atoms with Gasteiger partial charge in [0.15, 0.2) is 0 Å². The quantitative estimate of drug-likeness (QED) is 0.901. The van der Waals surface area contributed by atoms with Crippen LogP contribution >= 0.6 is 15.9 Å². The van der Waals surface area contributed by atoms with Crippen molar-refractivity contribution in [3.63, 3.8) is 0 Å². The summed E-state index contributed by atoms with van der Waals surface area (Å²) in [7, 11) is 1.61. The fraction of sp³-hybridized carbons (Fsp3) is 0.312. The molecule has 2 aromatic carbocycles. The summed E-state index contributed by atoms with van der Waals surface area (Å²) >= 11 is 3.46. The van der Waals surface area contributed by atoms with Gasteiger partial charge >= 0.3 is 5.97 Å². The van der Waals surface area contributed by atoms with Crippen LogP contribution in [0.5, 0.6) is 5.75 Å². The summed E-state index contributed by atoms with van der Waals surface area (Å²) in [5.74, 6) is -0.0859. The normalized spacial score (nSPS) is 11.6. The van der Waals surface area contributed by atoms with Crippen molar-refractivity contribution < 1.29 is 14.6 Å². The Hall–Kier alpha value is -1.55. The van der Waals surface area contributed by atoms with Crippen LogP contribution in [0.25, 0.3) is 10.8 Å². The second kappa shape index (κ2) is 5.44. The molecule has 0 amide bonds. The standard InChI is InChI=1S/C16H17BrO3/c1-16(2,9-14(18)19)15-12-6-5-11(17)8-10(12)4-7-13(15)20-3/h4-8H,9H2,1-3H3,(H,18,19). The van der Waals surface area contributed by atoms with Crippen molar-refractivity contribution in [2.75, 3.05) is 7.11 Å². The minimum Gasteiger partial charge on any atom is -0.496 e. The first-order valence-electron chi connectivity index (χ1n) is 6.33. The summed E-state index contributed by atoms with van der Waals surface area (Å²) in [5, 5.41) is 11.2. The third kappa shape index (κ3) is 2.80. The highest BCUT2D eigenvalue weighted by molar-refractivity contribution is 9.10. The first kappa shape index (κ1) is 14.9. The molecule has 0 saturated heterocycles. The summed E-state index contributed by atoms with van der Waals surface area (Å²) in [6, 6.07) is 9.87. The number of ether oxygens (including phenoxy) is 1. The highest BCUT2D eigenvalue weighted by Gasteiger charge is 2.29. The molecule has 4 heteroatoms. The van der Waals surface area contributed by atoms with Gasteiger partial charge in [-0.1, -0.05) is 41.9 Å². The molecule has 0 aliphatic heterocycles. The first-order chi connectivity index (χ1) is 9.35. The number of carbonyl (C=O) groups is 1. The van der Waals surface area contributed by atoms with Gasteiger partial charge in [-0.3, -0.25) is 4.79 Å². The summed E-state index contributed by atoms with van der Waals surface area (Å²) in [5.41, 5.74) is 0.428. The van der Waals surface area contributed by atoms with Gasteiger partial charge in [0, 0.05) is 15.5 Å². The topological polar surface area (TPSA) is 46.5 Å². The van der Waals surface area contributed by atoms with Crippen molar-refractivity contribution in [3.8, 4) is 5.75 Å². The molecule has 0 unspecified atom stereocenters. The average molecular weight is 337 g/mol. The van der Waals surface area contributed by atoms with Crippen molar-refractivity contribution in [1.29, 1.82) is 0 Å². The Labute approximate surface area is 126 Å². The smallest absolute Gasteiger partial charge is 0.304 e. The minimum atomic E-state index is -0.814. The van der Waals surface area contributed by atoms with Crippen LogP contribution in [-0.2, 0) is 10.2 Å². The van der Waals surface area contributed by atoms with Crippen molar-refractivity contribution >= 4 is 32.7 Å². The molecule has 106 valence electrons. The van der Waals surface area contributed by atoms with Gasteiger partial charge in [-0.25, -0.2) is 0 Å². The SMILES string of the molecule is COc1ccc2cc(Br)ccc2c1C(C)(C)CC(=O)O. The van der Waals surface area contributed by atoms with Crippen LogP contribution in [0.15, 0.2) is 34.8 Å². The van der Waals surface area contributed by atoms with E-state index >= 15 is 0 Å². The van der Waals surface area contributed by atoms with Gasteiger partial charge in [-0.05, 0) is 29.0 Å². The van der Waals surface area contributed by atoms with Gasteiger partial charge in [0.2, 0.25) is 0 Å². The molecule has 3 nitrogen and oxygen atoms in total. The molecule has 2 aromatic rings. The number of rotatable bonds is 4. The number of hydrogen-bond donors (Lipinski definition) is 1. The Morgan fingerprint density at radius 2 is 2.00 bits per heavy atom. The number of hydrogen-bond acceptors (Lipinski definition) is 2. The van der Waals surface area contributed by atoms with E-state index in [9.17, 15) is 4.79 Å². The summed E-state index contributed by atoms with van der Waals surface area (Å²) in [6.07, 6.45) is 0.0541. The molecular formula is C16H17BrO3. The Morgan fingerprint density at radius 3 is 2.60 bits per heavy atom. The number of benzene rings is 2. The second-order valence-electron chi connectivity index (χ2n) is 5.46. The summed E-state index contributed by atoms with van der Waals surface area (Å²) in [6.45, 7) is 3.86. The van der Waals surface area contributed by atoms with Crippen molar-refractivity contribution in [2.24, 2.45) is 0 Å². The molecule has 0 radical (unpaired) electrons. The third-order valence-corrected chi connectivity index (χ3v) is 3.93. The van der Waals surface area contributed by atoms with E-state index in [2.05, 4.69) is 15.9 Å². The zero-order valence-corrected chi connectivity index (χ0v) is 13.3. The number of aliphatic carboxylic acids is 1. The van der Waals surface area contributed by atoms with Crippen LogP contribution in [0.3, 0.4) is 0 Å². The van der Waals surface area contributed by atoms with E-state index in [0.717, 1.165) is 26.6 Å². The molecule has 0 saturated carbocycles. The zero-order valence-electron chi connectivity index (χ0n) is 11.7. The Kier molecular flexibility index (Phi) is 4.04. The minimum absolute atomic E-state index is 0.0541. The van der Waals surface area contributed by atoms with E-state index < -0.39 is 11.4 Å². The fourth-order valence-electron chi connectivity index (χ4n) is 2.62. The molecule has 1 N–H and O–H groups in total. The van der Waals surface area contributed by atoms with Crippen molar-refractivity contribution in [2.45, 2.75) is 25.7 Å². The Morgan fingerprint density at radius 1 is 1.30 bits per heavy atom. The predicted octanol–water partition coefficient (Wildman–Crippen LogP) is 4.36. The molecule has 2 rings (SSSR count). The lowest BCUT2D eigenvalue weighted by Gasteiger charge is -2.27. The lowest BCUT2D eigenvalue weighted by atomic mass is 9.78. The average Bonchev–Trinajstić information content (AvgIpc) is 2.35. The maximum atomic E-state index is 11.1. The van der Waals surface area contributed by atoms with E-state index in [1.54, 1.807) is 7.11 Å². The zero-order chi connectivity index (χ0) is 14.9. The molecule has 0 bridgehead atoms. The van der Waals surface area contributed by atoms with Gasteiger partial charge in [-0.2, -0.15) is 0 Å². The second-order valence-corrected chi connectivity index (χ2v) is 6.38. The van der Waals surface area contributed by atoms with Crippen molar-refractivity contribution in [1.82, 2.24) is 0 Å². The van der Waals surface area contributed by atoms with E-state index in [0.29, 0.717) is 0 Å². The molecule has 0 heterocycles. The van der Waals surface area contributed by atoms with E-state index in [4.69, 9.17) is 9.84 Å². The van der Waals surface area contributed by atoms with Crippen LogP contribution in [0.1, 0.15) is 25.8 Å². The fourth-order valence-corrected chi connectivity index (χ4v) is 2.99. The highest BCUT2D eigenvalue weighted by atomic mass is 79.9. The maximum absolute atomic E-state index is 11.1. The van der Waals surface area contributed by atoms with Crippen LogP contribution in [0.2, 0.25) is 0 Å². The summed E-state index contributed by atoms with van der Waals surface area (Å²) in [4.78, 5) is 11.1. The summed E-state index contributed by atoms with van der Waals surface area (Å²) < 4.78 is 6.44. The van der Waals surface area contributed by atoms with E-state index in [1.807, 2.05) is 44.2 Å². The van der Waals surface area contributed by atoms with E-state index in [-0.39, 0.29) is 6.42 Å². The monoisotopic (exact) mass is 336 g/mol.